The zero-order valence-corrected chi connectivity index (χ0v) is 10.3. The molecule has 6 nitrogen and oxygen atoms in total. The van der Waals surface area contributed by atoms with Crippen molar-refractivity contribution in [2.45, 2.75) is 19.0 Å². The summed E-state index contributed by atoms with van der Waals surface area (Å²) in [6.45, 7) is -0.451. The summed E-state index contributed by atoms with van der Waals surface area (Å²) in [4.78, 5) is 0. The summed E-state index contributed by atoms with van der Waals surface area (Å²) in [5.74, 6) is -1.32. The van der Waals surface area contributed by atoms with E-state index in [-0.39, 0.29) is 0 Å². The molecular formula is C6H13F3N2O4S2. The standard InChI is InChI=1S/C6H13F3N2O4S2/c7-6(8,9)2-1-4-17(14,15)11-3-5-16(10,12)13/h11H,1-5H2,(H2,10,12,13). The van der Waals surface area contributed by atoms with Gasteiger partial charge >= 0.3 is 6.18 Å². The van der Waals surface area contributed by atoms with Crippen molar-refractivity contribution in [1.82, 2.24) is 4.72 Å². The van der Waals surface area contributed by atoms with Crippen molar-refractivity contribution in [3.05, 3.63) is 0 Å². The van der Waals surface area contributed by atoms with Crippen molar-refractivity contribution < 1.29 is 30.0 Å². The van der Waals surface area contributed by atoms with Crippen LogP contribution in [-0.2, 0) is 20.0 Å². The fourth-order valence-corrected chi connectivity index (χ4v) is 2.47. The van der Waals surface area contributed by atoms with E-state index in [2.05, 4.69) is 5.14 Å². The number of hydrogen-bond donors (Lipinski definition) is 2. The van der Waals surface area contributed by atoms with Gasteiger partial charge in [0.05, 0.1) is 11.5 Å². The molecule has 0 aliphatic heterocycles. The van der Waals surface area contributed by atoms with Crippen LogP contribution in [0, 0.1) is 0 Å². The molecule has 0 atom stereocenters. The fourth-order valence-electron chi connectivity index (χ4n) is 0.874. The number of nitrogens with one attached hydrogen (secondary N) is 1. The van der Waals surface area contributed by atoms with E-state index in [1.807, 2.05) is 4.72 Å². The molecule has 104 valence electrons. The molecule has 0 aromatic carbocycles. The Labute approximate surface area is 97.5 Å². The van der Waals surface area contributed by atoms with Crippen LogP contribution in [0.15, 0.2) is 0 Å². The molecule has 0 radical (unpaired) electrons. The smallest absolute Gasteiger partial charge is 0.229 e. The van der Waals surface area contributed by atoms with Crippen LogP contribution >= 0.6 is 0 Å². The van der Waals surface area contributed by atoms with Crippen LogP contribution in [0.2, 0.25) is 0 Å². The van der Waals surface area contributed by atoms with Gasteiger partial charge in [0.2, 0.25) is 20.0 Å². The first-order chi connectivity index (χ1) is 7.41. The predicted octanol–water partition coefficient (Wildman–Crippen LogP) is -0.463. The zero-order valence-electron chi connectivity index (χ0n) is 8.70. The van der Waals surface area contributed by atoms with Crippen LogP contribution in [0.25, 0.3) is 0 Å². The molecule has 0 bridgehead atoms. The summed E-state index contributed by atoms with van der Waals surface area (Å²) in [5, 5.41) is 4.61. The summed E-state index contributed by atoms with van der Waals surface area (Å²) in [6.07, 6.45) is -6.19. The van der Waals surface area contributed by atoms with Crippen molar-refractivity contribution in [3.63, 3.8) is 0 Å². The highest BCUT2D eigenvalue weighted by Crippen LogP contribution is 2.21. The molecule has 0 aromatic heterocycles. The summed E-state index contributed by atoms with van der Waals surface area (Å²) >= 11 is 0. The third kappa shape index (κ3) is 11.9. The van der Waals surface area contributed by atoms with Crippen LogP contribution in [0.1, 0.15) is 12.8 Å². The van der Waals surface area contributed by atoms with E-state index in [1.54, 1.807) is 0 Å². The number of alkyl halides is 3. The molecule has 11 heteroatoms. The summed E-state index contributed by atoms with van der Waals surface area (Å²) in [5.41, 5.74) is 0. The van der Waals surface area contributed by atoms with E-state index in [4.69, 9.17) is 0 Å². The van der Waals surface area contributed by atoms with Crippen LogP contribution < -0.4 is 9.86 Å². The first-order valence-corrected chi connectivity index (χ1v) is 7.83. The van der Waals surface area contributed by atoms with Gasteiger partial charge in [0.1, 0.15) is 0 Å². The van der Waals surface area contributed by atoms with E-state index in [9.17, 15) is 30.0 Å². The van der Waals surface area contributed by atoms with Crippen molar-refractivity contribution in [2.75, 3.05) is 18.1 Å². The zero-order chi connectivity index (χ0) is 13.7. The molecule has 0 spiro atoms. The Morgan fingerprint density at radius 2 is 1.59 bits per heavy atom. The van der Waals surface area contributed by atoms with Crippen LogP contribution in [-0.4, -0.2) is 41.1 Å². The van der Waals surface area contributed by atoms with Gasteiger partial charge in [-0.2, -0.15) is 13.2 Å². The topological polar surface area (TPSA) is 106 Å². The summed E-state index contributed by atoms with van der Waals surface area (Å²) in [7, 11) is -7.69. The van der Waals surface area contributed by atoms with Gasteiger partial charge in [0.15, 0.2) is 0 Å². The van der Waals surface area contributed by atoms with Gasteiger partial charge in [-0.15, -0.1) is 0 Å². The maximum atomic E-state index is 11.7. The molecule has 0 rings (SSSR count). The minimum atomic E-state index is -4.41. The second-order valence-corrected chi connectivity index (χ2v) is 6.96. The number of rotatable bonds is 7. The Kier molecular flexibility index (Phi) is 5.84. The molecule has 0 aliphatic rings. The maximum absolute atomic E-state index is 11.7. The molecule has 0 aliphatic carbocycles. The minimum absolute atomic E-state index is 0.451. The Balaban J connectivity index is 3.98. The van der Waals surface area contributed by atoms with Crippen molar-refractivity contribution in [3.8, 4) is 0 Å². The van der Waals surface area contributed by atoms with Gasteiger partial charge < -0.3 is 0 Å². The lowest BCUT2D eigenvalue weighted by Gasteiger charge is -2.07. The number of nitrogens with two attached hydrogens (primary N) is 1. The third-order valence-corrected chi connectivity index (χ3v) is 3.83. The summed E-state index contributed by atoms with van der Waals surface area (Å²) < 4.78 is 80.1. The molecule has 0 amide bonds. The molecule has 0 heterocycles. The van der Waals surface area contributed by atoms with Gasteiger partial charge in [-0.05, 0) is 6.42 Å². The molecule has 0 unspecified atom stereocenters. The predicted molar refractivity (Wildman–Crippen MR) is 55.1 cm³/mol. The van der Waals surface area contributed by atoms with Crippen molar-refractivity contribution in [1.29, 1.82) is 0 Å². The van der Waals surface area contributed by atoms with E-state index in [0.29, 0.717) is 0 Å². The molecule has 0 aromatic rings. The highest BCUT2D eigenvalue weighted by molar-refractivity contribution is 7.90. The molecule has 0 saturated carbocycles. The number of hydrogen-bond acceptors (Lipinski definition) is 4. The molecular weight excluding hydrogens is 285 g/mol. The number of sulfonamides is 2. The maximum Gasteiger partial charge on any atom is 0.389 e. The van der Waals surface area contributed by atoms with Crippen LogP contribution in [0.5, 0.6) is 0 Å². The first kappa shape index (κ1) is 16.6. The normalized spacial score (nSPS) is 13.9. The fraction of sp³-hybridized carbons (Fsp3) is 1.00. The average Bonchev–Trinajstić information content (AvgIpc) is 1.96. The molecule has 0 fully saturated rings. The highest BCUT2D eigenvalue weighted by Gasteiger charge is 2.27. The lowest BCUT2D eigenvalue weighted by molar-refractivity contribution is -0.134. The van der Waals surface area contributed by atoms with E-state index in [0.717, 1.165) is 0 Å². The quantitative estimate of drug-likeness (QED) is 0.663. The SMILES string of the molecule is NS(=O)(=O)CCNS(=O)(=O)CCCC(F)(F)F. The molecule has 0 saturated heterocycles. The van der Waals surface area contributed by atoms with Crippen molar-refractivity contribution >= 4 is 20.0 Å². The largest absolute Gasteiger partial charge is 0.389 e. The van der Waals surface area contributed by atoms with Gasteiger partial charge in [0.25, 0.3) is 0 Å². The van der Waals surface area contributed by atoms with Crippen LogP contribution in [0.4, 0.5) is 13.2 Å². The number of primary sulfonamides is 1. The Morgan fingerprint density at radius 1 is 1.06 bits per heavy atom. The highest BCUT2D eigenvalue weighted by atomic mass is 32.2. The third-order valence-electron chi connectivity index (χ3n) is 1.58. The average molecular weight is 298 g/mol. The van der Waals surface area contributed by atoms with E-state index in [1.165, 1.54) is 0 Å². The van der Waals surface area contributed by atoms with Gasteiger partial charge in [-0.1, -0.05) is 0 Å². The second-order valence-electron chi connectivity index (χ2n) is 3.30. The molecule has 3 N–H and O–H groups in total. The Bertz CT molecular complexity index is 429. The number of halogens is 3. The lowest BCUT2D eigenvalue weighted by Crippen LogP contribution is -2.33. The second kappa shape index (κ2) is 5.98. The first-order valence-electron chi connectivity index (χ1n) is 4.46. The van der Waals surface area contributed by atoms with Gasteiger partial charge in [-0.3, -0.25) is 0 Å². The Hall–Kier alpha value is -0.390. The Morgan fingerprint density at radius 3 is 2.00 bits per heavy atom. The summed E-state index contributed by atoms with van der Waals surface area (Å²) in [6, 6.07) is 0. The molecule has 17 heavy (non-hydrogen) atoms. The monoisotopic (exact) mass is 298 g/mol. The minimum Gasteiger partial charge on any atom is -0.229 e. The van der Waals surface area contributed by atoms with E-state index >= 15 is 0 Å². The van der Waals surface area contributed by atoms with E-state index < -0.39 is 57.1 Å². The van der Waals surface area contributed by atoms with Gasteiger partial charge in [0, 0.05) is 13.0 Å². The van der Waals surface area contributed by atoms with Gasteiger partial charge in [-0.25, -0.2) is 26.7 Å². The van der Waals surface area contributed by atoms with Crippen LogP contribution in [0.3, 0.4) is 0 Å². The van der Waals surface area contributed by atoms with Crippen molar-refractivity contribution in [2.24, 2.45) is 5.14 Å². The lowest BCUT2D eigenvalue weighted by atomic mass is 10.3.